The first kappa shape index (κ1) is 26.6. The summed E-state index contributed by atoms with van der Waals surface area (Å²) in [4.78, 5) is 12.4. The zero-order chi connectivity index (χ0) is 25.3. The largest absolute Gasteiger partial charge is 0.496 e. The molecular formula is C24H28O9S. The maximum absolute atomic E-state index is 12.6. The zero-order valence-electron chi connectivity index (χ0n) is 19.9. The van der Waals surface area contributed by atoms with Crippen molar-refractivity contribution in [3.63, 3.8) is 0 Å². The molecule has 2 aromatic rings. The molecule has 0 aliphatic rings. The third-order valence-electron chi connectivity index (χ3n) is 4.73. The number of sulfone groups is 1. The van der Waals surface area contributed by atoms with Crippen LogP contribution in [-0.2, 0) is 14.6 Å². The fourth-order valence-corrected chi connectivity index (χ4v) is 3.97. The maximum atomic E-state index is 12.6. The molecule has 0 atom stereocenters. The molecule has 0 aliphatic carbocycles. The monoisotopic (exact) mass is 492 g/mol. The minimum absolute atomic E-state index is 0.354. The van der Waals surface area contributed by atoms with Crippen LogP contribution < -0.4 is 28.4 Å². The Bertz CT molecular complexity index is 1130. The van der Waals surface area contributed by atoms with Crippen molar-refractivity contribution in [3.8, 4) is 34.5 Å². The van der Waals surface area contributed by atoms with Gasteiger partial charge in [0.05, 0.1) is 53.8 Å². The SMILES string of the molecule is COc1cc(OC)c(C=CS(=O)(=O)CC(=O)/C=C\c2c(OC)cc(OC)cc2OC)c(OC)c1. The van der Waals surface area contributed by atoms with E-state index in [0.717, 1.165) is 11.5 Å². The summed E-state index contributed by atoms with van der Waals surface area (Å²) < 4.78 is 56.8. The van der Waals surface area contributed by atoms with Crippen molar-refractivity contribution in [2.45, 2.75) is 0 Å². The number of rotatable bonds is 12. The van der Waals surface area contributed by atoms with Crippen LogP contribution in [0.15, 0.2) is 35.7 Å². The van der Waals surface area contributed by atoms with Gasteiger partial charge in [0.1, 0.15) is 40.2 Å². The lowest BCUT2D eigenvalue weighted by Crippen LogP contribution is -2.11. The Morgan fingerprint density at radius 3 is 1.41 bits per heavy atom. The first-order chi connectivity index (χ1) is 16.2. The Balaban J connectivity index is 2.27. The van der Waals surface area contributed by atoms with Crippen molar-refractivity contribution in [1.82, 2.24) is 0 Å². The van der Waals surface area contributed by atoms with E-state index in [-0.39, 0.29) is 0 Å². The van der Waals surface area contributed by atoms with Gasteiger partial charge in [0.15, 0.2) is 15.6 Å². The van der Waals surface area contributed by atoms with Gasteiger partial charge in [0.2, 0.25) is 0 Å². The first-order valence-electron chi connectivity index (χ1n) is 9.93. The van der Waals surface area contributed by atoms with Gasteiger partial charge < -0.3 is 28.4 Å². The van der Waals surface area contributed by atoms with Gasteiger partial charge in [-0.3, -0.25) is 4.79 Å². The summed E-state index contributed by atoms with van der Waals surface area (Å²) in [5.41, 5.74) is 0.866. The standard InChI is InChI=1S/C24H28O9S/c1-28-17-11-21(30-3)19(22(12-17)31-4)8-7-16(25)15-34(26,27)10-9-20-23(32-5)13-18(29-2)14-24(20)33-6/h7-14H,15H2,1-6H3/b8-7-,10-9?. The summed E-state index contributed by atoms with van der Waals surface area (Å²) in [6.07, 6.45) is 3.92. The van der Waals surface area contributed by atoms with Crippen molar-refractivity contribution < 1.29 is 41.6 Å². The molecule has 10 heteroatoms. The van der Waals surface area contributed by atoms with E-state index in [1.54, 1.807) is 24.3 Å². The molecule has 184 valence electrons. The fourth-order valence-electron chi connectivity index (χ4n) is 3.04. The highest BCUT2D eigenvalue weighted by Gasteiger charge is 2.16. The first-order valence-corrected chi connectivity index (χ1v) is 11.6. The Labute approximate surface area is 199 Å². The summed E-state index contributed by atoms with van der Waals surface area (Å²) in [6, 6.07) is 6.44. The average molecular weight is 493 g/mol. The second-order valence-corrected chi connectivity index (χ2v) is 8.69. The molecule has 2 aromatic carbocycles. The van der Waals surface area contributed by atoms with Crippen LogP contribution in [0.2, 0.25) is 0 Å². The summed E-state index contributed by atoms with van der Waals surface area (Å²) in [6.45, 7) is 0. The Morgan fingerprint density at radius 2 is 1.06 bits per heavy atom. The summed E-state index contributed by atoms with van der Waals surface area (Å²) in [5, 5.41) is 0.945. The van der Waals surface area contributed by atoms with E-state index in [2.05, 4.69) is 0 Å². The van der Waals surface area contributed by atoms with Crippen LogP contribution in [0, 0.1) is 0 Å². The van der Waals surface area contributed by atoms with E-state index < -0.39 is 21.4 Å². The Morgan fingerprint density at radius 1 is 0.676 bits per heavy atom. The molecule has 2 rings (SSSR count). The van der Waals surface area contributed by atoms with Crippen LogP contribution in [-0.4, -0.2) is 62.6 Å². The van der Waals surface area contributed by atoms with Crippen LogP contribution >= 0.6 is 0 Å². The highest BCUT2D eigenvalue weighted by atomic mass is 32.2. The topological polar surface area (TPSA) is 107 Å². The van der Waals surface area contributed by atoms with Crippen LogP contribution in [0.4, 0.5) is 0 Å². The molecule has 34 heavy (non-hydrogen) atoms. The molecular weight excluding hydrogens is 464 g/mol. The van der Waals surface area contributed by atoms with Crippen molar-refractivity contribution >= 4 is 27.8 Å². The molecule has 0 radical (unpaired) electrons. The van der Waals surface area contributed by atoms with Gasteiger partial charge in [0, 0.05) is 29.7 Å². The number of carbonyl (C=O) groups is 1. The number of hydrogen-bond acceptors (Lipinski definition) is 9. The lowest BCUT2D eigenvalue weighted by atomic mass is 10.1. The van der Waals surface area contributed by atoms with Crippen LogP contribution in [0.25, 0.3) is 12.2 Å². The quantitative estimate of drug-likeness (QED) is 0.412. The molecule has 0 N–H and O–H groups in total. The molecule has 0 saturated carbocycles. The molecule has 0 fully saturated rings. The third kappa shape index (κ3) is 6.67. The number of allylic oxidation sites excluding steroid dienone is 1. The predicted molar refractivity (Wildman–Crippen MR) is 129 cm³/mol. The second-order valence-electron chi connectivity index (χ2n) is 6.80. The molecule has 0 saturated heterocycles. The smallest absolute Gasteiger partial charge is 0.179 e. The summed E-state index contributed by atoms with van der Waals surface area (Å²) in [7, 11) is 4.90. The van der Waals surface area contributed by atoms with E-state index >= 15 is 0 Å². The molecule has 0 amide bonds. The van der Waals surface area contributed by atoms with E-state index in [9.17, 15) is 13.2 Å². The van der Waals surface area contributed by atoms with E-state index in [1.807, 2.05) is 0 Å². The number of hydrogen-bond donors (Lipinski definition) is 0. The summed E-state index contributed by atoms with van der Waals surface area (Å²) in [5.74, 6) is 1.15. The van der Waals surface area contributed by atoms with Crippen LogP contribution in [0.1, 0.15) is 11.1 Å². The number of benzene rings is 2. The minimum Gasteiger partial charge on any atom is -0.496 e. The average Bonchev–Trinajstić information content (AvgIpc) is 2.84. The highest BCUT2D eigenvalue weighted by molar-refractivity contribution is 7.95. The van der Waals surface area contributed by atoms with Gasteiger partial charge in [-0.05, 0) is 18.2 Å². The summed E-state index contributed by atoms with van der Waals surface area (Å²) >= 11 is 0. The minimum atomic E-state index is -3.90. The Kier molecular flexibility index (Phi) is 9.37. The predicted octanol–water partition coefficient (Wildman–Crippen LogP) is 3.41. The second kappa shape index (κ2) is 12.0. The molecule has 9 nitrogen and oxygen atoms in total. The van der Waals surface area contributed by atoms with Gasteiger partial charge in [-0.15, -0.1) is 0 Å². The maximum Gasteiger partial charge on any atom is 0.179 e. The Hall–Kier alpha value is -3.66. The highest BCUT2D eigenvalue weighted by Crippen LogP contribution is 2.36. The van der Waals surface area contributed by atoms with E-state index in [1.165, 1.54) is 54.8 Å². The van der Waals surface area contributed by atoms with Crippen LogP contribution in [0.3, 0.4) is 0 Å². The van der Waals surface area contributed by atoms with Crippen LogP contribution in [0.5, 0.6) is 34.5 Å². The molecule has 0 aromatic heterocycles. The van der Waals surface area contributed by atoms with Crippen molar-refractivity contribution in [3.05, 3.63) is 46.9 Å². The van der Waals surface area contributed by atoms with E-state index in [0.29, 0.717) is 45.6 Å². The number of carbonyl (C=O) groups excluding carboxylic acids is 1. The lowest BCUT2D eigenvalue weighted by Gasteiger charge is -2.12. The fraction of sp³-hybridized carbons (Fsp3) is 0.292. The van der Waals surface area contributed by atoms with Crippen molar-refractivity contribution in [2.75, 3.05) is 48.4 Å². The number of ether oxygens (including phenoxy) is 6. The molecule has 0 unspecified atom stereocenters. The van der Waals surface area contributed by atoms with Gasteiger partial charge in [0.25, 0.3) is 0 Å². The lowest BCUT2D eigenvalue weighted by molar-refractivity contribution is -0.112. The molecule has 0 bridgehead atoms. The molecule has 0 heterocycles. The van der Waals surface area contributed by atoms with Gasteiger partial charge in [-0.25, -0.2) is 8.42 Å². The van der Waals surface area contributed by atoms with Gasteiger partial charge in [-0.2, -0.15) is 0 Å². The van der Waals surface area contributed by atoms with Crippen molar-refractivity contribution in [1.29, 1.82) is 0 Å². The number of methoxy groups -OCH3 is 6. The third-order valence-corrected chi connectivity index (χ3v) is 5.97. The van der Waals surface area contributed by atoms with Crippen molar-refractivity contribution in [2.24, 2.45) is 0 Å². The normalized spacial score (nSPS) is 11.5. The van der Waals surface area contributed by atoms with Gasteiger partial charge >= 0.3 is 0 Å². The molecule has 0 spiro atoms. The zero-order valence-corrected chi connectivity index (χ0v) is 20.7. The van der Waals surface area contributed by atoms with E-state index in [4.69, 9.17) is 28.4 Å². The molecule has 0 aliphatic heterocycles. The van der Waals surface area contributed by atoms with Gasteiger partial charge in [-0.1, -0.05) is 0 Å². The number of ketones is 1.